The molecule has 0 aliphatic heterocycles. The Morgan fingerprint density at radius 1 is 2.00 bits per heavy atom. The second kappa shape index (κ2) is 1.39. The first kappa shape index (κ1) is 3.81. The highest BCUT2D eigenvalue weighted by Gasteiger charge is 1.62. The van der Waals surface area contributed by atoms with Gasteiger partial charge < -0.3 is 4.98 Å². The van der Waals surface area contributed by atoms with Crippen LogP contribution in [0.4, 0.5) is 0 Å². The Balaban J connectivity index is 3.05. The zero-order valence-corrected chi connectivity index (χ0v) is 4.25. The molecule has 0 radical (unpaired) electrons. The van der Waals surface area contributed by atoms with Gasteiger partial charge in [-0.25, -0.2) is 0 Å². The average molecular weight is 98.2 g/mol. The fraction of sp³-hybridized carbons (Fsp3) is 0.250. The van der Waals surface area contributed by atoms with Crippen LogP contribution in [0, 0.1) is 12.4 Å². The summed E-state index contributed by atoms with van der Waals surface area (Å²) < 4.78 is 0. The van der Waals surface area contributed by atoms with Crippen molar-refractivity contribution in [3.63, 3.8) is 0 Å². The second-order valence-corrected chi connectivity index (χ2v) is 1.73. The van der Waals surface area contributed by atoms with E-state index in [4.69, 9.17) is 0 Å². The van der Waals surface area contributed by atoms with Crippen LogP contribution in [0.5, 0.6) is 0 Å². The molecule has 1 aromatic rings. The first-order valence-corrected chi connectivity index (χ1v) is 2.56. The molecule has 0 aliphatic carbocycles. The molecular weight excluding hydrogens is 94.1 g/mol. The molecule has 0 amide bonds. The SMILES string of the molecule is Cc1cs[c-]n1. The molecular formula is C4H4NS-. The van der Waals surface area contributed by atoms with Crippen molar-refractivity contribution in [1.29, 1.82) is 0 Å². The largest absolute Gasteiger partial charge is 0.391 e. The number of hydrogen-bond donors (Lipinski definition) is 0. The molecule has 0 N–H and O–H groups in total. The van der Waals surface area contributed by atoms with Crippen LogP contribution in [0.2, 0.25) is 0 Å². The molecule has 0 aliphatic rings. The van der Waals surface area contributed by atoms with Gasteiger partial charge >= 0.3 is 0 Å². The molecule has 0 atom stereocenters. The van der Waals surface area contributed by atoms with Crippen molar-refractivity contribution >= 4 is 11.3 Å². The highest BCUT2D eigenvalue weighted by Crippen LogP contribution is 1.94. The maximum atomic E-state index is 3.81. The third-order valence-electron chi connectivity index (χ3n) is 0.504. The molecule has 0 fully saturated rings. The Morgan fingerprint density at radius 3 is 3.00 bits per heavy atom. The predicted octanol–water partition coefficient (Wildman–Crippen LogP) is 1.25. The van der Waals surface area contributed by atoms with Crippen molar-refractivity contribution in [2.75, 3.05) is 0 Å². The number of rotatable bonds is 0. The van der Waals surface area contributed by atoms with Crippen molar-refractivity contribution in [3.05, 3.63) is 16.6 Å². The fourth-order valence-electron chi connectivity index (χ4n) is 0.236. The van der Waals surface area contributed by atoms with Crippen LogP contribution in [-0.4, -0.2) is 4.98 Å². The van der Waals surface area contributed by atoms with Crippen LogP contribution in [0.15, 0.2) is 5.38 Å². The van der Waals surface area contributed by atoms with Crippen molar-refractivity contribution in [1.82, 2.24) is 4.98 Å². The minimum absolute atomic E-state index is 1.06. The van der Waals surface area contributed by atoms with E-state index in [1.54, 1.807) is 0 Å². The topological polar surface area (TPSA) is 12.9 Å². The first-order chi connectivity index (χ1) is 2.89. The summed E-state index contributed by atoms with van der Waals surface area (Å²) in [4.78, 5) is 3.81. The summed E-state index contributed by atoms with van der Waals surface area (Å²) in [6, 6.07) is 0. The third kappa shape index (κ3) is 0.571. The Kier molecular flexibility index (Phi) is 0.881. The highest BCUT2D eigenvalue weighted by atomic mass is 32.1. The third-order valence-corrected chi connectivity index (χ3v) is 1.16. The molecule has 1 heterocycles. The lowest BCUT2D eigenvalue weighted by Crippen LogP contribution is -1.60. The summed E-state index contributed by atoms with van der Waals surface area (Å²) in [6.45, 7) is 1.95. The molecule has 0 bridgehead atoms. The van der Waals surface area contributed by atoms with Gasteiger partial charge in [0.1, 0.15) is 0 Å². The Hall–Kier alpha value is -0.370. The van der Waals surface area contributed by atoms with Crippen LogP contribution in [0.1, 0.15) is 5.69 Å². The van der Waals surface area contributed by atoms with Crippen molar-refractivity contribution in [3.8, 4) is 0 Å². The van der Waals surface area contributed by atoms with Gasteiger partial charge in [-0.1, -0.05) is 6.92 Å². The lowest BCUT2D eigenvalue weighted by Gasteiger charge is -1.78. The van der Waals surface area contributed by atoms with Crippen LogP contribution in [0.3, 0.4) is 0 Å². The summed E-state index contributed by atoms with van der Waals surface area (Å²) in [7, 11) is 0. The van der Waals surface area contributed by atoms with Crippen LogP contribution in [0.25, 0.3) is 0 Å². The van der Waals surface area contributed by atoms with E-state index in [-0.39, 0.29) is 0 Å². The zero-order valence-electron chi connectivity index (χ0n) is 3.43. The van der Waals surface area contributed by atoms with E-state index in [0.717, 1.165) is 5.69 Å². The van der Waals surface area contributed by atoms with Crippen LogP contribution in [-0.2, 0) is 0 Å². The van der Waals surface area contributed by atoms with Crippen molar-refractivity contribution in [2.24, 2.45) is 0 Å². The summed E-state index contributed by atoms with van der Waals surface area (Å²) in [6.07, 6.45) is 0. The standard InChI is InChI=1S/C4H4NS/c1-4-2-6-3-5-4/h2H,1H3/q-1. The first-order valence-electron chi connectivity index (χ1n) is 1.68. The van der Waals surface area contributed by atoms with Gasteiger partial charge in [0, 0.05) is 0 Å². The summed E-state index contributed by atoms with van der Waals surface area (Å²) >= 11 is 1.50. The number of nitrogens with zero attached hydrogens (tertiary/aromatic N) is 1. The van der Waals surface area contributed by atoms with Crippen LogP contribution >= 0.6 is 11.3 Å². The smallest absolute Gasteiger partial charge is 0.0217 e. The zero-order chi connectivity index (χ0) is 4.41. The van der Waals surface area contributed by atoms with E-state index in [1.165, 1.54) is 11.3 Å². The van der Waals surface area contributed by atoms with Gasteiger partial charge in [0.25, 0.3) is 0 Å². The minimum Gasteiger partial charge on any atom is -0.391 e. The molecule has 0 unspecified atom stereocenters. The molecule has 0 saturated carbocycles. The van der Waals surface area contributed by atoms with Crippen LogP contribution < -0.4 is 0 Å². The Labute approximate surface area is 40.7 Å². The molecule has 6 heavy (non-hydrogen) atoms. The summed E-state index contributed by atoms with van der Waals surface area (Å²) in [5.74, 6) is 0. The quantitative estimate of drug-likeness (QED) is 0.445. The predicted molar refractivity (Wildman–Crippen MR) is 25.7 cm³/mol. The maximum absolute atomic E-state index is 3.81. The number of thiazole rings is 1. The molecule has 32 valence electrons. The van der Waals surface area contributed by atoms with Gasteiger partial charge in [0.2, 0.25) is 0 Å². The monoisotopic (exact) mass is 98.0 g/mol. The fourth-order valence-corrected chi connectivity index (χ4v) is 0.709. The van der Waals surface area contributed by atoms with Gasteiger partial charge in [-0.3, -0.25) is 11.3 Å². The maximum Gasteiger partial charge on any atom is -0.0217 e. The average Bonchev–Trinajstić information content (AvgIpc) is 1.86. The van der Waals surface area contributed by atoms with Gasteiger partial charge in [-0.15, -0.1) is 11.1 Å². The second-order valence-electron chi connectivity index (χ2n) is 1.08. The van der Waals surface area contributed by atoms with Crippen molar-refractivity contribution in [2.45, 2.75) is 6.92 Å². The van der Waals surface area contributed by atoms with Gasteiger partial charge in [0.15, 0.2) is 0 Å². The Morgan fingerprint density at radius 2 is 2.83 bits per heavy atom. The van der Waals surface area contributed by atoms with E-state index >= 15 is 0 Å². The molecule has 0 aromatic carbocycles. The molecule has 0 saturated heterocycles. The van der Waals surface area contributed by atoms with Gasteiger partial charge in [-0.2, -0.15) is 0 Å². The number of hydrogen-bond acceptors (Lipinski definition) is 2. The van der Waals surface area contributed by atoms with Gasteiger partial charge in [0.05, 0.1) is 0 Å². The molecule has 1 rings (SSSR count). The molecule has 1 nitrogen and oxygen atoms in total. The Bertz CT molecular complexity index is 111. The van der Waals surface area contributed by atoms with Gasteiger partial charge in [-0.05, 0) is 5.51 Å². The molecule has 1 aromatic heterocycles. The van der Waals surface area contributed by atoms with E-state index in [9.17, 15) is 0 Å². The van der Waals surface area contributed by atoms with E-state index < -0.39 is 0 Å². The van der Waals surface area contributed by atoms with E-state index in [1.807, 2.05) is 12.3 Å². The lowest BCUT2D eigenvalue weighted by molar-refractivity contribution is 1.26. The summed E-state index contributed by atoms with van der Waals surface area (Å²) in [5, 5.41) is 1.96. The number of aryl methyl sites for hydroxylation is 1. The normalized spacial score (nSPS) is 8.83. The molecule has 2 heteroatoms. The van der Waals surface area contributed by atoms with E-state index in [2.05, 4.69) is 10.5 Å². The highest BCUT2D eigenvalue weighted by molar-refractivity contribution is 7.07. The lowest BCUT2D eigenvalue weighted by atomic mass is 10.6. The van der Waals surface area contributed by atoms with Crippen molar-refractivity contribution < 1.29 is 0 Å². The van der Waals surface area contributed by atoms with E-state index in [0.29, 0.717) is 0 Å². The molecule has 0 spiro atoms. The number of aromatic nitrogens is 1. The summed E-state index contributed by atoms with van der Waals surface area (Å²) in [5.41, 5.74) is 3.78. The minimum atomic E-state index is 1.06.